The Bertz CT molecular complexity index is 849. The molecule has 1 saturated carbocycles. The second-order valence-corrected chi connectivity index (χ2v) is 6.48. The molecule has 2 aromatic carbocycles. The number of aryl methyl sites for hydroxylation is 1. The number of rotatable bonds is 6. The van der Waals surface area contributed by atoms with Gasteiger partial charge in [-0.15, -0.1) is 0 Å². The predicted molar refractivity (Wildman–Crippen MR) is 94.7 cm³/mol. The van der Waals surface area contributed by atoms with Crippen LogP contribution in [0, 0.1) is 0 Å². The maximum Gasteiger partial charge on any atom is 0.230 e. The summed E-state index contributed by atoms with van der Waals surface area (Å²) in [6.07, 6.45) is 4.68. The van der Waals surface area contributed by atoms with Gasteiger partial charge in [-0.2, -0.15) is 0 Å². The summed E-state index contributed by atoms with van der Waals surface area (Å²) in [5.41, 5.74) is 3.03. The van der Waals surface area contributed by atoms with E-state index in [1.165, 1.54) is 0 Å². The Morgan fingerprint density at radius 3 is 2.62 bits per heavy atom. The maximum absolute atomic E-state index is 12.6. The molecule has 1 N–H and O–H groups in total. The van der Waals surface area contributed by atoms with E-state index in [2.05, 4.69) is 33.1 Å². The molecular weight excluding hydrogens is 298 g/mol. The first kappa shape index (κ1) is 14.9. The first-order valence-corrected chi connectivity index (χ1v) is 8.53. The van der Waals surface area contributed by atoms with Gasteiger partial charge in [0.2, 0.25) is 5.91 Å². The van der Waals surface area contributed by atoms with Crippen molar-refractivity contribution in [3.63, 3.8) is 0 Å². The third-order valence-corrected chi connectivity index (χ3v) is 4.90. The molecule has 122 valence electrons. The standard InChI is InChI=1S/C20H21N3O/c24-19(20(11-12-20)16-7-2-1-3-8-16)21-13-6-14-23-15-22-17-9-4-5-10-18(17)23/h1-5,7-10,15H,6,11-14H2,(H,21,24). The summed E-state index contributed by atoms with van der Waals surface area (Å²) in [5, 5.41) is 3.12. The van der Waals surface area contributed by atoms with Crippen LogP contribution in [0.2, 0.25) is 0 Å². The lowest BCUT2D eigenvalue weighted by Gasteiger charge is -2.15. The van der Waals surface area contributed by atoms with Crippen LogP contribution in [0.15, 0.2) is 60.9 Å². The quantitative estimate of drug-likeness (QED) is 0.709. The molecule has 4 rings (SSSR count). The minimum Gasteiger partial charge on any atom is -0.355 e. The van der Waals surface area contributed by atoms with Crippen LogP contribution in [-0.4, -0.2) is 22.0 Å². The molecule has 1 amide bonds. The van der Waals surface area contributed by atoms with Crippen LogP contribution in [0.25, 0.3) is 11.0 Å². The van der Waals surface area contributed by atoms with Gasteiger partial charge in [0.1, 0.15) is 0 Å². The molecule has 0 saturated heterocycles. The van der Waals surface area contributed by atoms with Gasteiger partial charge in [0.25, 0.3) is 0 Å². The topological polar surface area (TPSA) is 46.9 Å². The number of nitrogens with one attached hydrogen (secondary N) is 1. The number of para-hydroxylation sites is 2. The smallest absolute Gasteiger partial charge is 0.230 e. The molecule has 0 atom stereocenters. The summed E-state index contributed by atoms with van der Waals surface area (Å²) >= 11 is 0. The number of amides is 1. The number of hydrogen-bond donors (Lipinski definition) is 1. The normalized spacial score (nSPS) is 15.3. The molecule has 0 radical (unpaired) electrons. The number of carbonyl (C=O) groups is 1. The maximum atomic E-state index is 12.6. The lowest BCUT2D eigenvalue weighted by molar-refractivity contribution is -0.123. The van der Waals surface area contributed by atoms with E-state index in [1.54, 1.807) is 0 Å². The van der Waals surface area contributed by atoms with Crippen LogP contribution in [0.1, 0.15) is 24.8 Å². The van der Waals surface area contributed by atoms with E-state index in [0.717, 1.165) is 42.4 Å². The highest BCUT2D eigenvalue weighted by Gasteiger charge is 2.50. The summed E-state index contributed by atoms with van der Waals surface area (Å²) < 4.78 is 2.14. The van der Waals surface area contributed by atoms with E-state index in [0.29, 0.717) is 6.54 Å². The van der Waals surface area contributed by atoms with E-state index in [9.17, 15) is 4.79 Å². The Morgan fingerprint density at radius 2 is 1.83 bits per heavy atom. The van der Waals surface area contributed by atoms with Gasteiger partial charge >= 0.3 is 0 Å². The Kier molecular flexibility index (Phi) is 3.81. The summed E-state index contributed by atoms with van der Waals surface area (Å²) in [6.45, 7) is 1.55. The Labute approximate surface area is 141 Å². The molecule has 4 heteroatoms. The van der Waals surface area contributed by atoms with Gasteiger partial charge in [0, 0.05) is 13.1 Å². The van der Waals surface area contributed by atoms with Crippen LogP contribution in [0.3, 0.4) is 0 Å². The molecule has 0 spiro atoms. The molecule has 1 aliphatic carbocycles. The van der Waals surface area contributed by atoms with Crippen LogP contribution >= 0.6 is 0 Å². The van der Waals surface area contributed by atoms with Crippen molar-refractivity contribution in [2.75, 3.05) is 6.54 Å². The highest BCUT2D eigenvalue weighted by Crippen LogP contribution is 2.48. The summed E-state index contributed by atoms with van der Waals surface area (Å²) in [5.74, 6) is 0.171. The number of aromatic nitrogens is 2. The number of fused-ring (bicyclic) bond motifs is 1. The zero-order chi connectivity index (χ0) is 16.4. The fourth-order valence-corrected chi connectivity index (χ4v) is 3.34. The van der Waals surface area contributed by atoms with Crippen molar-refractivity contribution in [2.45, 2.75) is 31.2 Å². The Hall–Kier alpha value is -2.62. The first-order chi connectivity index (χ1) is 11.8. The van der Waals surface area contributed by atoms with Gasteiger partial charge in [-0.05, 0) is 37.0 Å². The van der Waals surface area contributed by atoms with Crippen LogP contribution in [0.4, 0.5) is 0 Å². The average Bonchev–Trinajstić information content (AvgIpc) is 3.35. The van der Waals surface area contributed by atoms with Crippen molar-refractivity contribution >= 4 is 16.9 Å². The second kappa shape index (κ2) is 6.11. The minimum atomic E-state index is -0.275. The van der Waals surface area contributed by atoms with Gasteiger partial charge in [0.05, 0.1) is 22.8 Å². The number of nitrogens with zero attached hydrogens (tertiary/aromatic N) is 2. The molecule has 0 unspecified atom stereocenters. The number of hydrogen-bond acceptors (Lipinski definition) is 2. The SMILES string of the molecule is O=C(NCCCn1cnc2ccccc21)C1(c2ccccc2)CC1. The second-order valence-electron chi connectivity index (χ2n) is 6.48. The molecule has 1 aromatic heterocycles. The van der Waals surface area contributed by atoms with Crippen molar-refractivity contribution in [1.29, 1.82) is 0 Å². The van der Waals surface area contributed by atoms with E-state index in [4.69, 9.17) is 0 Å². The van der Waals surface area contributed by atoms with Gasteiger partial charge in [0.15, 0.2) is 0 Å². The molecule has 0 bridgehead atoms. The predicted octanol–water partition coefficient (Wildman–Crippen LogP) is 3.27. The fraction of sp³-hybridized carbons (Fsp3) is 0.300. The van der Waals surface area contributed by atoms with E-state index < -0.39 is 0 Å². The summed E-state index contributed by atoms with van der Waals surface area (Å²) in [7, 11) is 0. The van der Waals surface area contributed by atoms with Crippen molar-refractivity contribution in [3.05, 3.63) is 66.5 Å². The number of benzene rings is 2. The zero-order valence-corrected chi connectivity index (χ0v) is 13.6. The zero-order valence-electron chi connectivity index (χ0n) is 13.6. The lowest BCUT2D eigenvalue weighted by atomic mass is 9.95. The lowest BCUT2D eigenvalue weighted by Crippen LogP contribution is -2.35. The van der Waals surface area contributed by atoms with Gasteiger partial charge in [-0.3, -0.25) is 4.79 Å². The van der Waals surface area contributed by atoms with Crippen LogP contribution < -0.4 is 5.32 Å². The van der Waals surface area contributed by atoms with E-state index >= 15 is 0 Å². The van der Waals surface area contributed by atoms with Gasteiger partial charge in [-0.25, -0.2) is 4.98 Å². The van der Waals surface area contributed by atoms with E-state index in [-0.39, 0.29) is 11.3 Å². The number of carbonyl (C=O) groups excluding carboxylic acids is 1. The number of imidazole rings is 1. The fourth-order valence-electron chi connectivity index (χ4n) is 3.34. The van der Waals surface area contributed by atoms with Crippen LogP contribution in [-0.2, 0) is 16.8 Å². The van der Waals surface area contributed by atoms with Crippen molar-refractivity contribution < 1.29 is 4.79 Å². The Balaban J connectivity index is 1.32. The molecule has 24 heavy (non-hydrogen) atoms. The molecule has 4 nitrogen and oxygen atoms in total. The summed E-state index contributed by atoms with van der Waals surface area (Å²) in [4.78, 5) is 17.0. The molecule has 1 aliphatic rings. The van der Waals surface area contributed by atoms with Gasteiger partial charge < -0.3 is 9.88 Å². The molecule has 3 aromatic rings. The van der Waals surface area contributed by atoms with Crippen molar-refractivity contribution in [1.82, 2.24) is 14.9 Å². The molecule has 0 aliphatic heterocycles. The molecule has 1 heterocycles. The molecular formula is C20H21N3O. The monoisotopic (exact) mass is 319 g/mol. The highest BCUT2D eigenvalue weighted by atomic mass is 16.2. The van der Waals surface area contributed by atoms with Crippen molar-refractivity contribution in [3.8, 4) is 0 Å². The largest absolute Gasteiger partial charge is 0.355 e. The first-order valence-electron chi connectivity index (χ1n) is 8.53. The van der Waals surface area contributed by atoms with Crippen LogP contribution in [0.5, 0.6) is 0 Å². The summed E-state index contributed by atoms with van der Waals surface area (Å²) in [6, 6.07) is 18.2. The molecule has 1 fully saturated rings. The van der Waals surface area contributed by atoms with Gasteiger partial charge in [-0.1, -0.05) is 42.5 Å². The third kappa shape index (κ3) is 2.68. The minimum absolute atomic E-state index is 0.171. The highest BCUT2D eigenvalue weighted by molar-refractivity contribution is 5.91. The average molecular weight is 319 g/mol. The Morgan fingerprint density at radius 1 is 1.08 bits per heavy atom. The van der Waals surface area contributed by atoms with E-state index in [1.807, 2.05) is 42.7 Å². The van der Waals surface area contributed by atoms with Crippen molar-refractivity contribution in [2.24, 2.45) is 0 Å². The third-order valence-electron chi connectivity index (χ3n) is 4.90.